The molecule has 4 heterocycles. The summed E-state index contributed by atoms with van der Waals surface area (Å²) in [6.45, 7) is 4.78. The Bertz CT molecular complexity index is 1230. The fraction of sp³-hybridized carbons (Fsp3) is 0.364. The van der Waals surface area contributed by atoms with Crippen LogP contribution in [0.15, 0.2) is 36.5 Å². The van der Waals surface area contributed by atoms with Gasteiger partial charge in [0, 0.05) is 24.4 Å². The molecule has 0 spiro atoms. The van der Waals surface area contributed by atoms with Gasteiger partial charge in [-0.05, 0) is 37.1 Å². The first-order valence-electron chi connectivity index (χ1n) is 10.3. The molecule has 1 aromatic carbocycles. The van der Waals surface area contributed by atoms with Gasteiger partial charge in [0.1, 0.15) is 17.5 Å². The molecule has 3 aromatic rings. The molecule has 0 aliphatic carbocycles. The van der Waals surface area contributed by atoms with Crippen molar-refractivity contribution in [3.63, 3.8) is 0 Å². The molecule has 2 bridgehead atoms. The summed E-state index contributed by atoms with van der Waals surface area (Å²) >= 11 is 0. The first kappa shape index (κ1) is 21.4. The van der Waals surface area contributed by atoms with Crippen LogP contribution in [0.3, 0.4) is 0 Å². The molecular formula is C22H20F3N5O3. The highest BCUT2D eigenvalue weighted by Crippen LogP contribution is 2.36. The average molecular weight is 459 g/mol. The summed E-state index contributed by atoms with van der Waals surface area (Å²) < 4.78 is 49.4. The number of pyridine rings is 1. The lowest BCUT2D eigenvalue weighted by molar-refractivity contribution is -0.274. The van der Waals surface area contributed by atoms with Crippen LogP contribution in [-0.2, 0) is 11.3 Å². The SMILES string of the molecule is Cc1cccc(C(=O)N2[C@H]3COC[C@@H]2c2nnc(-c4cc(OC(F)(F)F)ccn4)n2C3)c1C. The monoisotopic (exact) mass is 459 g/mol. The largest absolute Gasteiger partial charge is 0.573 e. The maximum atomic E-state index is 13.5. The highest BCUT2D eigenvalue weighted by molar-refractivity contribution is 5.96. The molecule has 172 valence electrons. The predicted octanol–water partition coefficient (Wildman–Crippen LogP) is 3.45. The van der Waals surface area contributed by atoms with Crippen LogP contribution in [0.2, 0.25) is 0 Å². The number of aromatic nitrogens is 4. The Morgan fingerprint density at radius 2 is 2.00 bits per heavy atom. The molecule has 0 radical (unpaired) electrons. The second-order valence-electron chi connectivity index (χ2n) is 8.08. The summed E-state index contributed by atoms with van der Waals surface area (Å²) in [7, 11) is 0. The molecule has 0 saturated carbocycles. The lowest BCUT2D eigenvalue weighted by Crippen LogP contribution is -2.56. The van der Waals surface area contributed by atoms with Gasteiger partial charge in [0.05, 0.1) is 19.3 Å². The number of nitrogens with zero attached hydrogens (tertiary/aromatic N) is 5. The van der Waals surface area contributed by atoms with Gasteiger partial charge >= 0.3 is 6.36 Å². The second kappa shape index (κ2) is 7.84. The fourth-order valence-electron chi connectivity index (χ4n) is 4.37. The van der Waals surface area contributed by atoms with Crippen molar-refractivity contribution in [1.29, 1.82) is 0 Å². The molecular weight excluding hydrogens is 439 g/mol. The number of alkyl halides is 3. The third-order valence-electron chi connectivity index (χ3n) is 6.05. The van der Waals surface area contributed by atoms with Crippen LogP contribution in [0, 0.1) is 13.8 Å². The van der Waals surface area contributed by atoms with E-state index in [9.17, 15) is 18.0 Å². The number of carbonyl (C=O) groups excluding carboxylic acids is 1. The minimum Gasteiger partial charge on any atom is -0.406 e. The predicted molar refractivity (Wildman–Crippen MR) is 109 cm³/mol. The number of halogens is 3. The minimum atomic E-state index is -4.81. The van der Waals surface area contributed by atoms with E-state index in [0.29, 0.717) is 30.4 Å². The maximum Gasteiger partial charge on any atom is 0.573 e. The summed E-state index contributed by atoms with van der Waals surface area (Å²) in [5.74, 6) is 0.317. The standard InChI is InChI=1S/C22H20F3N5O3/c1-12-4-3-5-16(13(12)2)21(31)30-14-9-29-19(27-28-20(29)18(30)11-32-10-14)17-8-15(6-7-26-17)33-22(23,24)25/h3-8,14,18H,9-11H2,1-2H3/t14-,18-/m1/s1. The number of rotatable bonds is 3. The zero-order valence-corrected chi connectivity index (χ0v) is 17.8. The summed E-state index contributed by atoms with van der Waals surface area (Å²) in [5, 5.41) is 8.44. The summed E-state index contributed by atoms with van der Waals surface area (Å²) in [6.07, 6.45) is -3.59. The van der Waals surface area contributed by atoms with Crippen LogP contribution < -0.4 is 4.74 Å². The highest BCUT2D eigenvalue weighted by Gasteiger charge is 2.44. The van der Waals surface area contributed by atoms with E-state index in [4.69, 9.17) is 4.74 Å². The Balaban J connectivity index is 1.51. The van der Waals surface area contributed by atoms with Gasteiger partial charge in [0.15, 0.2) is 11.6 Å². The quantitative estimate of drug-likeness (QED) is 0.597. The molecule has 8 nitrogen and oxygen atoms in total. The van der Waals surface area contributed by atoms with Crippen molar-refractivity contribution in [2.75, 3.05) is 13.2 Å². The summed E-state index contributed by atoms with van der Waals surface area (Å²) in [6, 6.07) is 7.16. The fourth-order valence-corrected chi connectivity index (χ4v) is 4.37. The first-order valence-corrected chi connectivity index (χ1v) is 10.3. The van der Waals surface area contributed by atoms with E-state index >= 15 is 0 Å². The van der Waals surface area contributed by atoms with Gasteiger partial charge in [-0.1, -0.05) is 12.1 Å². The number of ether oxygens (including phenoxy) is 2. The van der Waals surface area contributed by atoms with E-state index in [1.165, 1.54) is 12.3 Å². The normalized spacial score (nSPS) is 19.8. The molecule has 1 saturated heterocycles. The molecule has 2 aliphatic rings. The van der Waals surface area contributed by atoms with Crippen LogP contribution in [0.4, 0.5) is 13.2 Å². The number of benzene rings is 1. The number of carbonyl (C=O) groups is 1. The van der Waals surface area contributed by atoms with Crippen LogP contribution in [-0.4, -0.2) is 56.2 Å². The van der Waals surface area contributed by atoms with E-state index in [2.05, 4.69) is 19.9 Å². The Hall–Kier alpha value is -3.47. The first-order chi connectivity index (χ1) is 15.7. The van der Waals surface area contributed by atoms with Gasteiger partial charge in [-0.3, -0.25) is 9.78 Å². The van der Waals surface area contributed by atoms with Crippen LogP contribution in [0.1, 0.15) is 33.4 Å². The van der Waals surface area contributed by atoms with E-state index < -0.39 is 18.2 Å². The number of amides is 1. The minimum absolute atomic E-state index is 0.107. The molecule has 1 fully saturated rings. The third kappa shape index (κ3) is 3.82. The van der Waals surface area contributed by atoms with Crippen molar-refractivity contribution in [1.82, 2.24) is 24.6 Å². The Morgan fingerprint density at radius 3 is 2.79 bits per heavy atom. The summed E-state index contributed by atoms with van der Waals surface area (Å²) in [4.78, 5) is 19.5. The van der Waals surface area contributed by atoms with Crippen LogP contribution in [0.5, 0.6) is 5.75 Å². The number of hydrogen-bond donors (Lipinski definition) is 0. The van der Waals surface area contributed by atoms with E-state index in [1.54, 1.807) is 9.47 Å². The van der Waals surface area contributed by atoms with Crippen molar-refractivity contribution < 1.29 is 27.4 Å². The smallest absolute Gasteiger partial charge is 0.406 e. The molecule has 5 rings (SSSR count). The second-order valence-corrected chi connectivity index (χ2v) is 8.08. The lowest BCUT2D eigenvalue weighted by Gasteiger charge is -2.45. The van der Waals surface area contributed by atoms with Gasteiger partial charge in [-0.15, -0.1) is 23.4 Å². The lowest BCUT2D eigenvalue weighted by atomic mass is 9.98. The van der Waals surface area contributed by atoms with Crippen molar-refractivity contribution in [3.8, 4) is 17.3 Å². The number of morpholine rings is 1. The van der Waals surface area contributed by atoms with Gasteiger partial charge in [0.25, 0.3) is 5.91 Å². The highest BCUT2D eigenvalue weighted by atomic mass is 19.4. The van der Waals surface area contributed by atoms with E-state index in [0.717, 1.165) is 17.2 Å². The van der Waals surface area contributed by atoms with Crippen molar-refractivity contribution in [2.24, 2.45) is 0 Å². The third-order valence-corrected chi connectivity index (χ3v) is 6.05. The Morgan fingerprint density at radius 1 is 1.18 bits per heavy atom. The molecule has 0 N–H and O–H groups in total. The maximum absolute atomic E-state index is 13.5. The zero-order valence-electron chi connectivity index (χ0n) is 17.8. The zero-order chi connectivity index (χ0) is 23.3. The van der Waals surface area contributed by atoms with Gasteiger partial charge < -0.3 is 18.9 Å². The summed E-state index contributed by atoms with van der Waals surface area (Å²) in [5.41, 5.74) is 2.76. The van der Waals surface area contributed by atoms with Crippen molar-refractivity contribution in [3.05, 3.63) is 59.0 Å². The van der Waals surface area contributed by atoms with Gasteiger partial charge in [0.2, 0.25) is 0 Å². The van der Waals surface area contributed by atoms with Crippen molar-refractivity contribution in [2.45, 2.75) is 38.8 Å². The molecule has 2 aromatic heterocycles. The van der Waals surface area contributed by atoms with E-state index in [-0.39, 0.29) is 24.2 Å². The topological polar surface area (TPSA) is 82.4 Å². The van der Waals surface area contributed by atoms with Crippen molar-refractivity contribution >= 4 is 5.91 Å². The van der Waals surface area contributed by atoms with Crippen LogP contribution in [0.25, 0.3) is 11.5 Å². The molecule has 33 heavy (non-hydrogen) atoms. The number of hydrogen-bond acceptors (Lipinski definition) is 6. The molecule has 11 heteroatoms. The Kier molecular flexibility index (Phi) is 5.08. The molecule has 1 amide bonds. The van der Waals surface area contributed by atoms with E-state index in [1.807, 2.05) is 32.0 Å². The number of fused-ring (bicyclic) bond motifs is 4. The number of aryl methyl sites for hydroxylation is 1. The van der Waals surface area contributed by atoms with Gasteiger partial charge in [-0.2, -0.15) is 0 Å². The molecule has 2 atom stereocenters. The van der Waals surface area contributed by atoms with Gasteiger partial charge in [-0.25, -0.2) is 0 Å². The molecule has 0 unspecified atom stereocenters. The molecule has 2 aliphatic heterocycles. The Labute approximate surface area is 187 Å². The average Bonchev–Trinajstić information content (AvgIpc) is 3.17. The van der Waals surface area contributed by atoms with Crippen LogP contribution >= 0.6 is 0 Å².